The van der Waals surface area contributed by atoms with Crippen LogP contribution in [0.2, 0.25) is 0 Å². The summed E-state index contributed by atoms with van der Waals surface area (Å²) in [5, 5.41) is 4.72. The molecule has 0 saturated carbocycles. The number of thiophene rings is 1. The first-order valence-corrected chi connectivity index (χ1v) is 13.3. The Kier molecular flexibility index (Phi) is 6.83. The Labute approximate surface area is 221 Å². The number of alkyl carbamates (subject to hydrolysis) is 1. The zero-order valence-corrected chi connectivity index (χ0v) is 22.3. The van der Waals surface area contributed by atoms with E-state index in [0.717, 1.165) is 23.0 Å². The fourth-order valence-corrected chi connectivity index (χ4v) is 5.45. The number of ether oxygens (including phenoxy) is 1. The molecule has 8 heteroatoms. The molecule has 0 radical (unpaired) electrons. The first kappa shape index (κ1) is 25.5. The van der Waals surface area contributed by atoms with E-state index >= 15 is 0 Å². The fraction of sp³-hybridized carbons (Fsp3) is 0.310. The number of benzene rings is 2. The number of fused-ring (bicyclic) bond motifs is 3. The maximum atomic E-state index is 12.8. The van der Waals surface area contributed by atoms with Crippen LogP contribution in [0.15, 0.2) is 65.4 Å². The summed E-state index contributed by atoms with van der Waals surface area (Å²) in [4.78, 5) is 24.9. The standard InChI is InChI=1S/C29H30BNO5S/c1-28(2)29(3,4)36-30(35-28)20(15-19-13-14-37-26(19)17-32)16-31-27(33)34-18-25-23-11-7-5-9-21(23)22-10-6-8-12-24(22)25/h5-15,17,25H,16,18H2,1-4H3,(H,31,33). The molecule has 37 heavy (non-hydrogen) atoms. The molecular weight excluding hydrogens is 485 g/mol. The van der Waals surface area contributed by atoms with Crippen molar-refractivity contribution in [3.8, 4) is 11.1 Å². The van der Waals surface area contributed by atoms with Gasteiger partial charge in [-0.1, -0.05) is 54.6 Å². The van der Waals surface area contributed by atoms with Crippen molar-refractivity contribution in [1.29, 1.82) is 0 Å². The second kappa shape index (κ2) is 9.93. The zero-order valence-electron chi connectivity index (χ0n) is 21.4. The molecule has 1 aromatic heterocycles. The third-order valence-electron chi connectivity index (χ3n) is 7.51. The third kappa shape index (κ3) is 4.89. The van der Waals surface area contributed by atoms with E-state index in [1.54, 1.807) is 0 Å². The number of nitrogens with one attached hydrogen (secondary N) is 1. The van der Waals surface area contributed by atoms with Crippen LogP contribution in [0.1, 0.15) is 60.0 Å². The molecule has 0 unspecified atom stereocenters. The molecule has 2 aliphatic rings. The molecule has 0 bridgehead atoms. The quantitative estimate of drug-likeness (QED) is 0.304. The Morgan fingerprint density at radius 1 is 1.00 bits per heavy atom. The summed E-state index contributed by atoms with van der Waals surface area (Å²) in [6.07, 6.45) is 2.16. The lowest BCUT2D eigenvalue weighted by Gasteiger charge is -2.32. The summed E-state index contributed by atoms with van der Waals surface area (Å²) >= 11 is 1.36. The van der Waals surface area contributed by atoms with Crippen molar-refractivity contribution in [3.05, 3.63) is 87.0 Å². The molecule has 190 valence electrons. The van der Waals surface area contributed by atoms with Crippen molar-refractivity contribution in [2.45, 2.75) is 44.8 Å². The molecule has 5 rings (SSSR count). The molecule has 1 aliphatic heterocycles. The maximum absolute atomic E-state index is 12.8. The van der Waals surface area contributed by atoms with Gasteiger partial charge in [0, 0.05) is 12.5 Å². The van der Waals surface area contributed by atoms with Gasteiger partial charge in [-0.3, -0.25) is 4.79 Å². The Hall–Kier alpha value is -3.20. The van der Waals surface area contributed by atoms with E-state index in [4.69, 9.17) is 14.0 Å². The first-order valence-electron chi connectivity index (χ1n) is 12.4. The summed E-state index contributed by atoms with van der Waals surface area (Å²) < 4.78 is 18.2. The molecule has 3 aromatic rings. The van der Waals surface area contributed by atoms with Gasteiger partial charge < -0.3 is 19.4 Å². The number of carbonyl (C=O) groups is 2. The number of carbonyl (C=O) groups excluding carboxylic acids is 2. The minimum atomic E-state index is -0.668. The van der Waals surface area contributed by atoms with Crippen molar-refractivity contribution in [1.82, 2.24) is 5.32 Å². The van der Waals surface area contributed by atoms with E-state index < -0.39 is 24.4 Å². The van der Waals surface area contributed by atoms with Gasteiger partial charge in [-0.15, -0.1) is 11.3 Å². The Bertz CT molecular complexity index is 1300. The number of rotatable bonds is 7. The smallest absolute Gasteiger partial charge is 0.449 e. The lowest BCUT2D eigenvalue weighted by molar-refractivity contribution is 0.00578. The monoisotopic (exact) mass is 515 g/mol. The molecule has 6 nitrogen and oxygen atoms in total. The predicted molar refractivity (Wildman–Crippen MR) is 147 cm³/mol. The normalized spacial score (nSPS) is 17.8. The number of aldehydes is 1. The van der Waals surface area contributed by atoms with E-state index in [9.17, 15) is 9.59 Å². The molecule has 1 aliphatic carbocycles. The van der Waals surface area contributed by atoms with Gasteiger partial charge in [0.25, 0.3) is 0 Å². The van der Waals surface area contributed by atoms with Crippen molar-refractivity contribution < 1.29 is 23.6 Å². The molecule has 1 fully saturated rings. The average Bonchev–Trinajstić information content (AvgIpc) is 3.52. The van der Waals surface area contributed by atoms with Crippen LogP contribution >= 0.6 is 11.3 Å². The van der Waals surface area contributed by atoms with Crippen LogP contribution in [0, 0.1) is 0 Å². The van der Waals surface area contributed by atoms with E-state index in [2.05, 4.69) is 29.6 Å². The van der Waals surface area contributed by atoms with Crippen LogP contribution in [0.4, 0.5) is 4.79 Å². The SMILES string of the molecule is CC1(C)OB(C(=Cc2ccsc2C=O)CNC(=O)OCC2c3ccccc3-c3ccccc32)OC1(C)C. The number of amides is 1. The molecule has 0 atom stereocenters. The molecule has 1 amide bonds. The van der Waals surface area contributed by atoms with Gasteiger partial charge in [-0.05, 0) is 72.4 Å². The van der Waals surface area contributed by atoms with E-state index in [0.29, 0.717) is 10.3 Å². The molecule has 1 saturated heterocycles. The Morgan fingerprint density at radius 2 is 1.59 bits per heavy atom. The van der Waals surface area contributed by atoms with E-state index in [1.165, 1.54) is 22.5 Å². The Balaban J connectivity index is 1.30. The van der Waals surface area contributed by atoms with E-state index in [-0.39, 0.29) is 19.1 Å². The second-order valence-corrected chi connectivity index (χ2v) is 11.3. The van der Waals surface area contributed by atoms with Crippen LogP contribution in [0.25, 0.3) is 17.2 Å². The number of hydrogen-bond donors (Lipinski definition) is 1. The van der Waals surface area contributed by atoms with Crippen molar-refractivity contribution >= 4 is 36.9 Å². The fourth-order valence-electron chi connectivity index (χ4n) is 4.77. The molecular formula is C29H30BNO5S. The van der Waals surface area contributed by atoms with Crippen LogP contribution < -0.4 is 5.32 Å². The van der Waals surface area contributed by atoms with Crippen LogP contribution in [0.3, 0.4) is 0 Å². The van der Waals surface area contributed by atoms with Gasteiger partial charge in [-0.25, -0.2) is 4.79 Å². The van der Waals surface area contributed by atoms with Crippen LogP contribution in [-0.4, -0.2) is 43.9 Å². The van der Waals surface area contributed by atoms with Crippen molar-refractivity contribution in [2.75, 3.05) is 13.2 Å². The maximum Gasteiger partial charge on any atom is 0.492 e. The summed E-state index contributed by atoms with van der Waals surface area (Å²) in [5.74, 6) is -0.0165. The highest BCUT2D eigenvalue weighted by atomic mass is 32.1. The van der Waals surface area contributed by atoms with Gasteiger partial charge in [0.05, 0.1) is 16.1 Å². The summed E-state index contributed by atoms with van der Waals surface area (Å²) in [6.45, 7) is 8.29. The second-order valence-electron chi connectivity index (χ2n) is 10.3. The molecule has 1 N–H and O–H groups in total. The molecule has 2 heterocycles. The highest BCUT2D eigenvalue weighted by Gasteiger charge is 2.52. The zero-order chi connectivity index (χ0) is 26.2. The topological polar surface area (TPSA) is 73.9 Å². The number of hydrogen-bond acceptors (Lipinski definition) is 6. The van der Waals surface area contributed by atoms with Crippen molar-refractivity contribution in [2.24, 2.45) is 0 Å². The van der Waals surface area contributed by atoms with Gasteiger partial charge in [0.15, 0.2) is 6.29 Å². The lowest BCUT2D eigenvalue weighted by atomic mass is 9.77. The highest BCUT2D eigenvalue weighted by Crippen LogP contribution is 2.44. The Morgan fingerprint density at radius 3 is 2.19 bits per heavy atom. The van der Waals surface area contributed by atoms with Gasteiger partial charge in [0.1, 0.15) is 6.61 Å². The van der Waals surface area contributed by atoms with Crippen LogP contribution in [-0.2, 0) is 14.0 Å². The third-order valence-corrected chi connectivity index (χ3v) is 8.37. The van der Waals surface area contributed by atoms with Gasteiger partial charge in [-0.2, -0.15) is 0 Å². The summed E-state index contributed by atoms with van der Waals surface area (Å²) in [6, 6.07) is 18.3. The predicted octanol–water partition coefficient (Wildman–Crippen LogP) is 6.11. The van der Waals surface area contributed by atoms with Crippen LogP contribution in [0.5, 0.6) is 0 Å². The minimum absolute atomic E-state index is 0.0165. The van der Waals surface area contributed by atoms with Gasteiger partial charge >= 0.3 is 13.2 Å². The average molecular weight is 515 g/mol. The largest absolute Gasteiger partial charge is 0.492 e. The van der Waals surface area contributed by atoms with E-state index in [1.807, 2.05) is 69.5 Å². The van der Waals surface area contributed by atoms with Crippen molar-refractivity contribution in [3.63, 3.8) is 0 Å². The molecule has 2 aromatic carbocycles. The summed E-state index contributed by atoms with van der Waals surface area (Å²) in [7, 11) is -0.668. The van der Waals surface area contributed by atoms with Gasteiger partial charge in [0.2, 0.25) is 0 Å². The first-order chi connectivity index (χ1) is 17.7. The lowest BCUT2D eigenvalue weighted by Crippen LogP contribution is -2.41. The minimum Gasteiger partial charge on any atom is -0.449 e. The summed E-state index contributed by atoms with van der Waals surface area (Å²) in [5.41, 5.74) is 5.07. The molecule has 0 spiro atoms. The highest BCUT2D eigenvalue weighted by molar-refractivity contribution is 7.12.